The first-order valence-electron chi connectivity index (χ1n) is 8.09. The molecule has 1 N–H and O–H groups in total. The molecule has 1 amide bonds. The lowest BCUT2D eigenvalue weighted by atomic mass is 10.0. The van der Waals surface area contributed by atoms with E-state index in [2.05, 4.69) is 5.32 Å². The van der Waals surface area contributed by atoms with Gasteiger partial charge in [0.2, 0.25) is 0 Å². The highest BCUT2D eigenvalue weighted by Crippen LogP contribution is 2.19. The number of carbonyl (C=O) groups is 2. The molecule has 1 unspecified atom stereocenters. The number of nitrogens with one attached hydrogen (secondary N) is 1. The van der Waals surface area contributed by atoms with Gasteiger partial charge in [0.05, 0.1) is 5.56 Å². The standard InChI is InChI=1S/C20H23NO3/c1-14(2)15(3)21-19(22)13-24-20(23)18-11-9-17(10-12-18)16-7-5-4-6-8-16/h4-12,14-15H,13H2,1-3H3,(H,21,22). The van der Waals surface area contributed by atoms with Crippen LogP contribution in [0.15, 0.2) is 54.6 Å². The third kappa shape index (κ3) is 4.95. The van der Waals surface area contributed by atoms with Gasteiger partial charge in [-0.1, -0.05) is 56.3 Å². The van der Waals surface area contributed by atoms with Crippen LogP contribution in [-0.4, -0.2) is 24.5 Å². The normalized spacial score (nSPS) is 11.8. The second-order valence-corrected chi connectivity index (χ2v) is 6.12. The quantitative estimate of drug-likeness (QED) is 0.825. The van der Waals surface area contributed by atoms with Crippen molar-refractivity contribution in [1.29, 1.82) is 0 Å². The van der Waals surface area contributed by atoms with Crippen molar-refractivity contribution in [2.24, 2.45) is 5.92 Å². The first kappa shape index (κ1) is 17.7. The van der Waals surface area contributed by atoms with Crippen LogP contribution >= 0.6 is 0 Å². The molecule has 0 spiro atoms. The third-order valence-corrected chi connectivity index (χ3v) is 3.95. The second kappa shape index (κ2) is 8.29. The number of hydrogen-bond donors (Lipinski definition) is 1. The van der Waals surface area contributed by atoms with E-state index in [1.807, 2.05) is 63.2 Å². The van der Waals surface area contributed by atoms with Crippen molar-refractivity contribution in [3.8, 4) is 11.1 Å². The highest BCUT2D eigenvalue weighted by molar-refractivity contribution is 5.91. The van der Waals surface area contributed by atoms with E-state index in [9.17, 15) is 9.59 Å². The van der Waals surface area contributed by atoms with Crippen LogP contribution in [0.4, 0.5) is 0 Å². The lowest BCUT2D eigenvalue weighted by Gasteiger charge is -2.17. The topological polar surface area (TPSA) is 55.4 Å². The largest absolute Gasteiger partial charge is 0.452 e. The lowest BCUT2D eigenvalue weighted by Crippen LogP contribution is -2.38. The van der Waals surface area contributed by atoms with Crippen LogP contribution in [0.2, 0.25) is 0 Å². The molecule has 0 radical (unpaired) electrons. The molecule has 0 aliphatic heterocycles. The molecule has 0 fully saturated rings. The fourth-order valence-corrected chi connectivity index (χ4v) is 2.11. The van der Waals surface area contributed by atoms with E-state index < -0.39 is 5.97 Å². The number of rotatable bonds is 6. The van der Waals surface area contributed by atoms with Crippen LogP contribution < -0.4 is 5.32 Å². The molecule has 126 valence electrons. The average molecular weight is 325 g/mol. The smallest absolute Gasteiger partial charge is 0.338 e. The van der Waals surface area contributed by atoms with E-state index in [0.29, 0.717) is 11.5 Å². The van der Waals surface area contributed by atoms with Crippen molar-refractivity contribution in [3.63, 3.8) is 0 Å². The van der Waals surface area contributed by atoms with E-state index >= 15 is 0 Å². The highest BCUT2D eigenvalue weighted by Gasteiger charge is 2.13. The maximum Gasteiger partial charge on any atom is 0.338 e. The summed E-state index contributed by atoms with van der Waals surface area (Å²) < 4.78 is 5.07. The minimum atomic E-state index is -0.498. The summed E-state index contributed by atoms with van der Waals surface area (Å²) >= 11 is 0. The molecular formula is C20H23NO3. The van der Waals surface area contributed by atoms with Crippen LogP contribution in [0.1, 0.15) is 31.1 Å². The van der Waals surface area contributed by atoms with Crippen LogP contribution in [0.3, 0.4) is 0 Å². The zero-order valence-corrected chi connectivity index (χ0v) is 14.3. The van der Waals surface area contributed by atoms with Gasteiger partial charge >= 0.3 is 5.97 Å². The molecule has 0 heterocycles. The fraction of sp³-hybridized carbons (Fsp3) is 0.300. The summed E-state index contributed by atoms with van der Waals surface area (Å²) in [7, 11) is 0. The molecule has 4 heteroatoms. The molecule has 0 aliphatic carbocycles. The summed E-state index contributed by atoms with van der Waals surface area (Å²) in [5.74, 6) is -0.456. The molecule has 2 rings (SSSR count). The van der Waals surface area contributed by atoms with Crippen molar-refractivity contribution < 1.29 is 14.3 Å². The Kier molecular flexibility index (Phi) is 6.13. The van der Waals surface area contributed by atoms with Gasteiger partial charge in [-0.25, -0.2) is 4.79 Å². The summed E-state index contributed by atoms with van der Waals surface area (Å²) in [5.41, 5.74) is 2.54. The van der Waals surface area contributed by atoms with E-state index in [1.165, 1.54) is 0 Å². The summed E-state index contributed by atoms with van der Waals surface area (Å²) in [4.78, 5) is 23.8. The maximum atomic E-state index is 12.0. The molecule has 4 nitrogen and oxygen atoms in total. The Hall–Kier alpha value is -2.62. The zero-order valence-electron chi connectivity index (χ0n) is 14.3. The lowest BCUT2D eigenvalue weighted by molar-refractivity contribution is -0.125. The van der Waals surface area contributed by atoms with Gasteiger partial charge in [0.25, 0.3) is 5.91 Å². The molecular weight excluding hydrogens is 302 g/mol. The summed E-state index contributed by atoms with van der Waals surface area (Å²) in [6.45, 7) is 5.69. The van der Waals surface area contributed by atoms with Crippen LogP contribution in [0.25, 0.3) is 11.1 Å². The van der Waals surface area contributed by atoms with Crippen LogP contribution in [0.5, 0.6) is 0 Å². The molecule has 0 saturated heterocycles. The third-order valence-electron chi connectivity index (χ3n) is 3.95. The molecule has 24 heavy (non-hydrogen) atoms. The van der Waals surface area contributed by atoms with Gasteiger partial charge in [-0.05, 0) is 36.1 Å². The molecule has 2 aromatic carbocycles. The number of carbonyl (C=O) groups excluding carboxylic acids is 2. The van der Waals surface area contributed by atoms with Gasteiger partial charge in [-0.15, -0.1) is 0 Å². The van der Waals surface area contributed by atoms with Crippen molar-refractivity contribution >= 4 is 11.9 Å². The van der Waals surface area contributed by atoms with Crippen molar-refractivity contribution in [1.82, 2.24) is 5.32 Å². The molecule has 0 aliphatic rings. The molecule has 0 saturated carbocycles. The highest BCUT2D eigenvalue weighted by atomic mass is 16.5. The maximum absolute atomic E-state index is 12.0. The van der Waals surface area contributed by atoms with Gasteiger partial charge in [-0.3, -0.25) is 4.79 Å². The molecule has 1 atom stereocenters. The monoisotopic (exact) mass is 325 g/mol. The number of esters is 1. The van der Waals surface area contributed by atoms with E-state index in [1.54, 1.807) is 12.1 Å². The van der Waals surface area contributed by atoms with Gasteiger partial charge < -0.3 is 10.1 Å². The second-order valence-electron chi connectivity index (χ2n) is 6.12. The summed E-state index contributed by atoms with van der Waals surface area (Å²) in [6, 6.07) is 17.1. The molecule has 0 bridgehead atoms. The predicted molar refractivity (Wildman–Crippen MR) is 94.6 cm³/mol. The Balaban J connectivity index is 1.90. The SMILES string of the molecule is CC(C)C(C)NC(=O)COC(=O)c1ccc(-c2ccccc2)cc1. The number of ether oxygens (including phenoxy) is 1. The Morgan fingerprint density at radius 2 is 1.50 bits per heavy atom. The van der Waals surface area contributed by atoms with Gasteiger partial charge in [0.1, 0.15) is 0 Å². The number of hydrogen-bond acceptors (Lipinski definition) is 3. The van der Waals surface area contributed by atoms with E-state index in [-0.39, 0.29) is 18.6 Å². The fourth-order valence-electron chi connectivity index (χ4n) is 2.11. The zero-order chi connectivity index (χ0) is 17.5. The summed E-state index contributed by atoms with van der Waals surface area (Å²) in [6.07, 6.45) is 0. The molecule has 0 aromatic heterocycles. The number of benzene rings is 2. The van der Waals surface area contributed by atoms with E-state index in [4.69, 9.17) is 4.74 Å². The first-order valence-corrected chi connectivity index (χ1v) is 8.09. The van der Waals surface area contributed by atoms with Crippen LogP contribution in [-0.2, 0) is 9.53 Å². The van der Waals surface area contributed by atoms with Crippen molar-refractivity contribution in [2.45, 2.75) is 26.8 Å². The Labute approximate surface area is 142 Å². The minimum Gasteiger partial charge on any atom is -0.452 e. The number of amides is 1. The van der Waals surface area contributed by atoms with Crippen molar-refractivity contribution in [3.05, 3.63) is 60.2 Å². The van der Waals surface area contributed by atoms with E-state index in [0.717, 1.165) is 11.1 Å². The van der Waals surface area contributed by atoms with Gasteiger partial charge in [-0.2, -0.15) is 0 Å². The van der Waals surface area contributed by atoms with Gasteiger partial charge in [0, 0.05) is 6.04 Å². The Morgan fingerprint density at radius 3 is 2.08 bits per heavy atom. The Bertz CT molecular complexity index is 678. The summed E-state index contributed by atoms with van der Waals surface area (Å²) in [5, 5.41) is 2.80. The average Bonchev–Trinajstić information content (AvgIpc) is 2.60. The predicted octanol–water partition coefficient (Wildman–Crippen LogP) is 3.67. The molecule has 2 aromatic rings. The minimum absolute atomic E-state index is 0.0429. The Morgan fingerprint density at radius 1 is 0.917 bits per heavy atom. The first-order chi connectivity index (χ1) is 11.5. The van der Waals surface area contributed by atoms with Gasteiger partial charge in [0.15, 0.2) is 6.61 Å². The van der Waals surface area contributed by atoms with Crippen molar-refractivity contribution in [2.75, 3.05) is 6.61 Å². The van der Waals surface area contributed by atoms with Crippen LogP contribution in [0, 0.1) is 5.92 Å².